The minimum atomic E-state index is -0.284. The highest BCUT2D eigenvalue weighted by Crippen LogP contribution is 2.34. The third kappa shape index (κ3) is 4.99. The van der Waals surface area contributed by atoms with Crippen molar-refractivity contribution in [2.45, 2.75) is 50.7 Å². The van der Waals surface area contributed by atoms with Crippen LogP contribution < -0.4 is 10.9 Å². The first kappa shape index (κ1) is 22.0. The fourth-order valence-electron chi connectivity index (χ4n) is 3.71. The molecule has 31 heavy (non-hydrogen) atoms. The predicted octanol–water partition coefficient (Wildman–Crippen LogP) is 2.71. The van der Waals surface area contributed by atoms with E-state index in [2.05, 4.69) is 20.4 Å². The monoisotopic (exact) mass is 462 g/mol. The lowest BCUT2D eigenvalue weighted by Crippen LogP contribution is -2.26. The van der Waals surface area contributed by atoms with Crippen LogP contribution in [0, 0.1) is 6.92 Å². The van der Waals surface area contributed by atoms with Crippen molar-refractivity contribution in [1.29, 1.82) is 0 Å². The number of carbonyl (C=O) groups is 1. The molecule has 1 N–H and O–H groups in total. The van der Waals surface area contributed by atoms with Crippen molar-refractivity contribution < 1.29 is 9.32 Å². The number of hydrogen-bond donors (Lipinski definition) is 1. The molecule has 0 saturated heterocycles. The molecule has 0 spiro atoms. The second-order valence-corrected chi connectivity index (χ2v) is 9.91. The highest BCUT2D eigenvalue weighted by Gasteiger charge is 2.22. The van der Waals surface area contributed by atoms with Gasteiger partial charge >= 0.3 is 6.01 Å². The van der Waals surface area contributed by atoms with Crippen LogP contribution in [0.15, 0.2) is 14.5 Å². The number of aromatic nitrogens is 4. The predicted molar refractivity (Wildman–Crippen MR) is 122 cm³/mol. The van der Waals surface area contributed by atoms with Gasteiger partial charge in [0.15, 0.2) is 11.0 Å². The van der Waals surface area contributed by atoms with E-state index in [4.69, 9.17) is 9.51 Å². The number of nitrogens with zero attached hydrogens (tertiary/aromatic N) is 5. The molecule has 0 fully saturated rings. The second-order valence-electron chi connectivity index (χ2n) is 7.88. The lowest BCUT2D eigenvalue weighted by atomic mass is 9.97. The number of aryl methyl sites for hydroxylation is 3. The average molecular weight is 463 g/mol. The number of hydrogen-bond acceptors (Lipinski definition) is 9. The summed E-state index contributed by atoms with van der Waals surface area (Å²) in [5, 5.41) is 7.60. The van der Waals surface area contributed by atoms with Gasteiger partial charge in [0.05, 0.1) is 11.1 Å². The lowest BCUT2D eigenvalue weighted by Gasteiger charge is -2.15. The summed E-state index contributed by atoms with van der Waals surface area (Å²) in [6.45, 7) is 3.12. The smallest absolute Gasteiger partial charge is 0.315 e. The van der Waals surface area contributed by atoms with Gasteiger partial charge in [0.25, 0.3) is 5.56 Å². The minimum Gasteiger partial charge on any atom is -0.315 e. The van der Waals surface area contributed by atoms with Crippen molar-refractivity contribution in [3.05, 3.63) is 26.6 Å². The molecule has 0 saturated carbocycles. The lowest BCUT2D eigenvalue weighted by molar-refractivity contribution is -0.114. The van der Waals surface area contributed by atoms with E-state index >= 15 is 0 Å². The summed E-state index contributed by atoms with van der Waals surface area (Å²) in [5.74, 6) is 0.262. The van der Waals surface area contributed by atoms with E-state index in [1.54, 1.807) is 22.8 Å². The molecular weight excluding hydrogens is 436 g/mol. The van der Waals surface area contributed by atoms with Crippen molar-refractivity contribution in [1.82, 2.24) is 24.6 Å². The number of carbonyl (C=O) groups excluding carboxylic acids is 1. The van der Waals surface area contributed by atoms with Gasteiger partial charge in [-0.2, -0.15) is 4.98 Å². The third-order valence-corrected chi connectivity index (χ3v) is 7.30. The van der Waals surface area contributed by atoms with Crippen molar-refractivity contribution in [2.24, 2.45) is 0 Å². The number of thiophene rings is 1. The summed E-state index contributed by atoms with van der Waals surface area (Å²) in [6.07, 6.45) is 5.07. The Balaban J connectivity index is 1.60. The summed E-state index contributed by atoms with van der Waals surface area (Å²) in [5.41, 5.74) is 1.20. The van der Waals surface area contributed by atoms with E-state index in [-0.39, 0.29) is 23.2 Å². The van der Waals surface area contributed by atoms with Gasteiger partial charge in [-0.05, 0) is 65.2 Å². The standard InChI is InChI=1S/C20H26N6O3S2/c1-12-21-19(29-24-12)22-15(27)11-30-20-23-17-16(13-7-4-5-8-14(13)31-17)18(28)26(20)10-6-9-25(2)3/h4-11H2,1-3H3,(H,21,22,24,27). The molecule has 0 bridgehead atoms. The van der Waals surface area contributed by atoms with Gasteiger partial charge in [-0.25, -0.2) is 4.98 Å². The Morgan fingerprint density at radius 2 is 2.10 bits per heavy atom. The Labute approximate surface area is 188 Å². The van der Waals surface area contributed by atoms with Crippen molar-refractivity contribution in [3.8, 4) is 0 Å². The molecule has 0 aliphatic heterocycles. The van der Waals surface area contributed by atoms with Gasteiger partial charge < -0.3 is 9.42 Å². The van der Waals surface area contributed by atoms with Gasteiger partial charge in [-0.3, -0.25) is 19.5 Å². The average Bonchev–Trinajstić information content (AvgIpc) is 3.30. The molecule has 0 unspecified atom stereocenters. The maximum Gasteiger partial charge on any atom is 0.328 e. The first-order valence-corrected chi connectivity index (χ1v) is 12.2. The number of nitrogens with one attached hydrogen (secondary N) is 1. The number of rotatable bonds is 8. The largest absolute Gasteiger partial charge is 0.328 e. The Morgan fingerprint density at radius 1 is 1.29 bits per heavy atom. The van der Waals surface area contributed by atoms with Crippen LogP contribution in [0.5, 0.6) is 0 Å². The molecule has 1 aliphatic rings. The molecule has 1 aliphatic carbocycles. The first-order chi connectivity index (χ1) is 14.9. The fraction of sp³-hybridized carbons (Fsp3) is 0.550. The Morgan fingerprint density at radius 3 is 2.84 bits per heavy atom. The van der Waals surface area contributed by atoms with E-state index < -0.39 is 0 Å². The van der Waals surface area contributed by atoms with Crippen LogP contribution in [0.4, 0.5) is 6.01 Å². The maximum atomic E-state index is 13.5. The van der Waals surface area contributed by atoms with Crippen LogP contribution in [0.25, 0.3) is 10.2 Å². The van der Waals surface area contributed by atoms with Crippen LogP contribution in [-0.4, -0.2) is 56.9 Å². The molecule has 0 aromatic carbocycles. The topological polar surface area (TPSA) is 106 Å². The zero-order valence-electron chi connectivity index (χ0n) is 17.9. The quantitative estimate of drug-likeness (QED) is 0.402. The Hall–Kier alpha value is -2.24. The summed E-state index contributed by atoms with van der Waals surface area (Å²) in [7, 11) is 4.03. The van der Waals surface area contributed by atoms with Crippen molar-refractivity contribution >= 4 is 45.2 Å². The zero-order chi connectivity index (χ0) is 22.0. The molecule has 0 radical (unpaired) electrons. The van der Waals surface area contributed by atoms with Crippen molar-refractivity contribution in [3.63, 3.8) is 0 Å². The molecule has 3 aromatic rings. The number of fused-ring (bicyclic) bond motifs is 3. The van der Waals surface area contributed by atoms with Crippen LogP contribution >= 0.6 is 23.1 Å². The Bertz CT molecular complexity index is 1150. The van der Waals surface area contributed by atoms with Crippen LogP contribution in [0.3, 0.4) is 0 Å². The highest BCUT2D eigenvalue weighted by molar-refractivity contribution is 7.99. The molecule has 3 aromatic heterocycles. The molecule has 9 nitrogen and oxygen atoms in total. The molecule has 4 rings (SSSR count). The van der Waals surface area contributed by atoms with E-state index in [0.717, 1.165) is 48.9 Å². The second kappa shape index (κ2) is 9.49. The maximum absolute atomic E-state index is 13.5. The Kier molecular flexibility index (Phi) is 6.73. The van der Waals surface area contributed by atoms with Gasteiger partial charge in [-0.15, -0.1) is 11.3 Å². The number of anilines is 1. The SMILES string of the molecule is Cc1noc(NC(=O)CSc2nc3sc4c(c3c(=O)n2CCCN(C)C)CCCC4)n1. The van der Waals surface area contributed by atoms with Gasteiger partial charge in [0.2, 0.25) is 5.91 Å². The molecular formula is C20H26N6O3S2. The van der Waals surface area contributed by atoms with E-state index in [1.807, 2.05) is 14.1 Å². The summed E-state index contributed by atoms with van der Waals surface area (Å²) >= 11 is 2.88. The minimum absolute atomic E-state index is 0.0126. The van der Waals surface area contributed by atoms with Gasteiger partial charge in [0, 0.05) is 11.4 Å². The summed E-state index contributed by atoms with van der Waals surface area (Å²) in [6, 6.07) is 0.0702. The first-order valence-electron chi connectivity index (χ1n) is 10.3. The summed E-state index contributed by atoms with van der Waals surface area (Å²) < 4.78 is 6.67. The van der Waals surface area contributed by atoms with E-state index in [9.17, 15) is 9.59 Å². The highest BCUT2D eigenvalue weighted by atomic mass is 32.2. The van der Waals surface area contributed by atoms with Crippen LogP contribution in [0.2, 0.25) is 0 Å². The molecule has 1 amide bonds. The third-order valence-electron chi connectivity index (χ3n) is 5.13. The molecule has 0 atom stereocenters. The van der Waals surface area contributed by atoms with E-state index in [1.165, 1.54) is 22.2 Å². The molecule has 11 heteroatoms. The molecule has 3 heterocycles. The van der Waals surface area contributed by atoms with Gasteiger partial charge in [-0.1, -0.05) is 16.9 Å². The van der Waals surface area contributed by atoms with E-state index in [0.29, 0.717) is 17.5 Å². The number of amides is 1. The van der Waals surface area contributed by atoms with Crippen LogP contribution in [-0.2, 0) is 24.2 Å². The molecule has 166 valence electrons. The normalized spacial score (nSPS) is 13.7. The fourth-order valence-corrected chi connectivity index (χ4v) is 5.83. The van der Waals surface area contributed by atoms with Crippen LogP contribution in [0.1, 0.15) is 35.5 Å². The summed E-state index contributed by atoms with van der Waals surface area (Å²) in [4.78, 5) is 38.8. The van der Waals surface area contributed by atoms with Gasteiger partial charge in [0.1, 0.15) is 4.83 Å². The van der Waals surface area contributed by atoms with Crippen molar-refractivity contribution in [2.75, 3.05) is 31.7 Å². The zero-order valence-corrected chi connectivity index (χ0v) is 19.6. The number of thioether (sulfide) groups is 1.